The Hall–Kier alpha value is -2.45. The van der Waals surface area contributed by atoms with Gasteiger partial charge in [0.1, 0.15) is 0 Å². The fourth-order valence-corrected chi connectivity index (χ4v) is 4.09. The van der Waals surface area contributed by atoms with Crippen molar-refractivity contribution in [3.05, 3.63) is 47.6 Å². The number of rotatable bonds is 8. The number of ether oxygens (including phenoxy) is 2. The number of aromatic nitrogens is 2. The molecule has 2 aromatic rings. The molecule has 0 aliphatic carbocycles. The van der Waals surface area contributed by atoms with Gasteiger partial charge in [0.15, 0.2) is 5.82 Å². The summed E-state index contributed by atoms with van der Waals surface area (Å²) >= 11 is 0. The first kappa shape index (κ1) is 21.8. The maximum Gasteiger partial charge on any atom is 0.317 e. The van der Waals surface area contributed by atoms with Crippen molar-refractivity contribution in [2.45, 2.75) is 50.5 Å². The Balaban J connectivity index is 1.10. The molecule has 8 nitrogen and oxygen atoms in total. The van der Waals surface area contributed by atoms with Crippen LogP contribution in [0.1, 0.15) is 48.9 Å². The Morgan fingerprint density at radius 1 is 1.10 bits per heavy atom. The molecule has 0 atom stereocenters. The predicted octanol–water partition coefficient (Wildman–Crippen LogP) is 2.94. The molecular weight excluding hydrogens is 396 g/mol. The largest absolute Gasteiger partial charge is 0.381 e. The van der Waals surface area contributed by atoms with Crippen LogP contribution in [0.4, 0.5) is 4.79 Å². The third-order valence-electron chi connectivity index (χ3n) is 6.00. The third kappa shape index (κ3) is 6.51. The van der Waals surface area contributed by atoms with Gasteiger partial charge in [-0.1, -0.05) is 35.5 Å². The molecule has 2 fully saturated rings. The second-order valence-electron chi connectivity index (χ2n) is 8.21. The molecule has 2 amide bonds. The molecule has 2 saturated heterocycles. The minimum absolute atomic E-state index is 0.0156. The van der Waals surface area contributed by atoms with Gasteiger partial charge in [0.05, 0.1) is 12.7 Å². The van der Waals surface area contributed by atoms with E-state index >= 15 is 0 Å². The zero-order valence-corrected chi connectivity index (χ0v) is 18.0. The Kier molecular flexibility index (Phi) is 7.90. The topological polar surface area (TPSA) is 89.7 Å². The van der Waals surface area contributed by atoms with Crippen LogP contribution in [0.15, 0.2) is 34.9 Å². The summed E-state index contributed by atoms with van der Waals surface area (Å²) in [7, 11) is 0. The molecule has 2 aliphatic rings. The zero-order valence-electron chi connectivity index (χ0n) is 18.0. The van der Waals surface area contributed by atoms with E-state index in [1.165, 1.54) is 5.56 Å². The van der Waals surface area contributed by atoms with Crippen LogP contribution in [0.2, 0.25) is 0 Å². The van der Waals surface area contributed by atoms with Crippen LogP contribution in [-0.4, -0.2) is 66.6 Å². The summed E-state index contributed by atoms with van der Waals surface area (Å²) in [6, 6.07) is 10.2. The van der Waals surface area contributed by atoms with Crippen molar-refractivity contribution in [3.8, 4) is 0 Å². The van der Waals surface area contributed by atoms with Crippen LogP contribution in [-0.2, 0) is 22.3 Å². The van der Waals surface area contributed by atoms with Gasteiger partial charge >= 0.3 is 6.03 Å². The first-order chi connectivity index (χ1) is 15.3. The van der Waals surface area contributed by atoms with Gasteiger partial charge in [-0.2, -0.15) is 4.98 Å². The number of urea groups is 1. The summed E-state index contributed by atoms with van der Waals surface area (Å²) in [5.41, 5.74) is 1.23. The Bertz CT molecular complexity index is 799. The molecule has 168 valence electrons. The van der Waals surface area contributed by atoms with Gasteiger partial charge in [-0.15, -0.1) is 0 Å². The van der Waals surface area contributed by atoms with Gasteiger partial charge in [-0.25, -0.2) is 4.79 Å². The molecule has 4 rings (SSSR count). The molecule has 3 heterocycles. The van der Waals surface area contributed by atoms with Crippen LogP contribution >= 0.6 is 0 Å². The Morgan fingerprint density at radius 3 is 2.65 bits per heavy atom. The molecule has 1 aromatic heterocycles. The zero-order chi connectivity index (χ0) is 21.3. The van der Waals surface area contributed by atoms with Gasteiger partial charge in [0.25, 0.3) is 0 Å². The Labute approximate surface area is 183 Å². The van der Waals surface area contributed by atoms with E-state index in [-0.39, 0.29) is 12.1 Å². The van der Waals surface area contributed by atoms with E-state index in [0.29, 0.717) is 31.3 Å². The molecule has 8 heteroatoms. The average Bonchev–Trinajstić information content (AvgIpc) is 3.30. The summed E-state index contributed by atoms with van der Waals surface area (Å²) in [5.74, 6) is 1.75. The monoisotopic (exact) mass is 428 g/mol. The van der Waals surface area contributed by atoms with Gasteiger partial charge in [-0.05, 0) is 37.7 Å². The summed E-state index contributed by atoms with van der Waals surface area (Å²) in [6.07, 6.45) is 5.26. The van der Waals surface area contributed by atoms with Crippen LogP contribution in [0.25, 0.3) is 0 Å². The lowest BCUT2D eigenvalue weighted by Crippen LogP contribution is -2.46. The van der Waals surface area contributed by atoms with E-state index in [9.17, 15) is 4.79 Å². The predicted molar refractivity (Wildman–Crippen MR) is 115 cm³/mol. The quantitative estimate of drug-likeness (QED) is 0.695. The molecule has 2 aliphatic heterocycles. The molecule has 0 bridgehead atoms. The first-order valence-electron chi connectivity index (χ1n) is 11.4. The van der Waals surface area contributed by atoms with Crippen molar-refractivity contribution in [3.63, 3.8) is 0 Å². The first-order valence-corrected chi connectivity index (χ1v) is 11.4. The van der Waals surface area contributed by atoms with Gasteiger partial charge in [0.2, 0.25) is 5.89 Å². The number of hydrogen-bond donors (Lipinski definition) is 1. The van der Waals surface area contributed by atoms with E-state index < -0.39 is 0 Å². The van der Waals surface area contributed by atoms with Crippen molar-refractivity contribution in [2.24, 2.45) is 0 Å². The van der Waals surface area contributed by atoms with Crippen LogP contribution in [0, 0.1) is 0 Å². The maximum atomic E-state index is 12.4. The second kappa shape index (κ2) is 11.2. The lowest BCUT2D eigenvalue weighted by molar-refractivity contribution is 0.0158. The lowest BCUT2D eigenvalue weighted by atomic mass is 10.0. The molecule has 0 radical (unpaired) electrons. The number of carbonyl (C=O) groups excluding carboxylic acids is 1. The third-order valence-corrected chi connectivity index (χ3v) is 6.00. The van der Waals surface area contributed by atoms with Crippen LogP contribution < -0.4 is 5.32 Å². The average molecular weight is 429 g/mol. The number of amides is 2. The number of benzene rings is 1. The van der Waals surface area contributed by atoms with Gasteiger partial charge < -0.3 is 24.2 Å². The normalized spacial score (nSPS) is 18.3. The minimum Gasteiger partial charge on any atom is -0.381 e. The van der Waals surface area contributed by atoms with Crippen molar-refractivity contribution in [2.75, 3.05) is 39.5 Å². The molecule has 0 unspecified atom stereocenters. The summed E-state index contributed by atoms with van der Waals surface area (Å²) in [6.45, 7) is 4.18. The summed E-state index contributed by atoms with van der Waals surface area (Å²) in [4.78, 5) is 18.8. The van der Waals surface area contributed by atoms with Crippen LogP contribution in [0.5, 0.6) is 0 Å². The van der Waals surface area contributed by atoms with Crippen LogP contribution in [0.3, 0.4) is 0 Å². The number of likely N-dealkylation sites (tertiary alicyclic amines) is 1. The van der Waals surface area contributed by atoms with E-state index in [4.69, 9.17) is 14.0 Å². The Morgan fingerprint density at radius 2 is 1.87 bits per heavy atom. The highest BCUT2D eigenvalue weighted by atomic mass is 16.5. The highest BCUT2D eigenvalue weighted by molar-refractivity contribution is 5.74. The maximum absolute atomic E-state index is 12.4. The van der Waals surface area contributed by atoms with E-state index in [2.05, 4.69) is 27.6 Å². The number of piperidine rings is 1. The highest BCUT2D eigenvalue weighted by Crippen LogP contribution is 2.25. The van der Waals surface area contributed by atoms with Gasteiger partial charge in [-0.3, -0.25) is 0 Å². The SMILES string of the molecule is O=C(NCCc1ccccc1)N1CCC(OCCc2noc(C3CCOCC3)n2)CC1. The summed E-state index contributed by atoms with van der Waals surface area (Å²) < 4.78 is 16.8. The minimum atomic E-state index is 0.0156. The molecule has 0 saturated carbocycles. The van der Waals surface area contributed by atoms with Crippen molar-refractivity contribution >= 4 is 6.03 Å². The number of nitrogens with zero attached hydrogens (tertiary/aromatic N) is 3. The number of hydrogen-bond acceptors (Lipinski definition) is 6. The van der Waals surface area contributed by atoms with Crippen molar-refractivity contribution < 1.29 is 18.8 Å². The summed E-state index contributed by atoms with van der Waals surface area (Å²) in [5, 5.41) is 7.11. The van der Waals surface area contributed by atoms with E-state index in [0.717, 1.165) is 64.3 Å². The van der Waals surface area contributed by atoms with Gasteiger partial charge in [0, 0.05) is 45.2 Å². The molecule has 1 aromatic carbocycles. The smallest absolute Gasteiger partial charge is 0.317 e. The number of nitrogens with one attached hydrogen (secondary N) is 1. The second-order valence-corrected chi connectivity index (χ2v) is 8.21. The standard InChI is InChI=1S/C23H32N4O4/c28-23(24-12-6-18-4-2-1-3-5-18)27-13-7-20(8-14-27)30-17-11-21-25-22(31-26-21)19-9-15-29-16-10-19/h1-5,19-20H,6-17H2,(H,24,28). The number of carbonyl (C=O) groups is 1. The fraction of sp³-hybridized carbons (Fsp3) is 0.609. The van der Waals surface area contributed by atoms with Crippen molar-refractivity contribution in [1.29, 1.82) is 0 Å². The fourth-order valence-electron chi connectivity index (χ4n) is 4.09. The highest BCUT2D eigenvalue weighted by Gasteiger charge is 2.24. The lowest BCUT2D eigenvalue weighted by Gasteiger charge is -2.32. The molecule has 0 spiro atoms. The molecule has 1 N–H and O–H groups in total. The molecular formula is C23H32N4O4. The van der Waals surface area contributed by atoms with Crippen molar-refractivity contribution in [1.82, 2.24) is 20.4 Å². The van der Waals surface area contributed by atoms with E-state index in [1.807, 2.05) is 23.1 Å². The van der Waals surface area contributed by atoms with E-state index in [1.54, 1.807) is 0 Å². The molecule has 31 heavy (non-hydrogen) atoms.